The van der Waals surface area contributed by atoms with Crippen molar-refractivity contribution in [3.05, 3.63) is 54.6 Å². The molecule has 1 aromatic carbocycles. The topological polar surface area (TPSA) is 21.1 Å². The highest BCUT2D eigenvalue weighted by atomic mass is 15.1. The van der Waals surface area contributed by atoms with Crippen molar-refractivity contribution in [3.63, 3.8) is 0 Å². The highest BCUT2D eigenvalue weighted by Crippen LogP contribution is 2.19. The third-order valence-corrected chi connectivity index (χ3v) is 4.52. The summed E-state index contributed by atoms with van der Waals surface area (Å²) < 4.78 is 2.22. The largest absolute Gasteiger partial charge is 0.337 e. The molecule has 0 saturated carbocycles. The lowest BCUT2D eigenvalue weighted by Crippen LogP contribution is -2.35. The summed E-state index contributed by atoms with van der Waals surface area (Å²) in [6, 6.07) is 10.8. The third kappa shape index (κ3) is 4.43. The van der Waals surface area contributed by atoms with E-state index in [1.807, 2.05) is 12.5 Å². The van der Waals surface area contributed by atoms with Gasteiger partial charge in [0.15, 0.2) is 0 Å². The molecule has 0 amide bonds. The zero-order valence-corrected chi connectivity index (χ0v) is 12.7. The van der Waals surface area contributed by atoms with Crippen molar-refractivity contribution >= 4 is 0 Å². The average Bonchev–Trinajstić information content (AvgIpc) is 3.03. The molecular weight excluding hydrogens is 258 g/mol. The molecule has 2 heterocycles. The molecule has 0 radical (unpaired) electrons. The van der Waals surface area contributed by atoms with Crippen LogP contribution in [0.3, 0.4) is 0 Å². The van der Waals surface area contributed by atoms with Gasteiger partial charge in [-0.1, -0.05) is 30.3 Å². The molecule has 1 aromatic heterocycles. The van der Waals surface area contributed by atoms with Crippen LogP contribution in [0.2, 0.25) is 0 Å². The maximum Gasteiger partial charge on any atom is 0.0945 e. The van der Waals surface area contributed by atoms with Gasteiger partial charge in [-0.2, -0.15) is 0 Å². The number of likely N-dealkylation sites (tertiary alicyclic amines) is 1. The highest BCUT2D eigenvalue weighted by Gasteiger charge is 2.18. The number of hydrogen-bond acceptors (Lipinski definition) is 2. The summed E-state index contributed by atoms with van der Waals surface area (Å²) in [6.45, 7) is 4.90. The fourth-order valence-electron chi connectivity index (χ4n) is 3.24. The van der Waals surface area contributed by atoms with Crippen LogP contribution in [0, 0.1) is 5.92 Å². The molecule has 21 heavy (non-hydrogen) atoms. The molecule has 0 spiro atoms. The van der Waals surface area contributed by atoms with Crippen molar-refractivity contribution in [1.29, 1.82) is 0 Å². The zero-order valence-electron chi connectivity index (χ0n) is 12.7. The minimum atomic E-state index is 0.824. The lowest BCUT2D eigenvalue weighted by Gasteiger charge is -2.32. The average molecular weight is 283 g/mol. The first kappa shape index (κ1) is 14.3. The molecule has 1 aliphatic heterocycles. The fourth-order valence-corrected chi connectivity index (χ4v) is 3.24. The van der Waals surface area contributed by atoms with Crippen molar-refractivity contribution in [2.75, 3.05) is 19.6 Å². The summed E-state index contributed by atoms with van der Waals surface area (Å²) >= 11 is 0. The molecule has 112 valence electrons. The molecule has 3 heteroatoms. The zero-order chi connectivity index (χ0) is 14.3. The maximum atomic E-state index is 4.12. The van der Waals surface area contributed by atoms with E-state index in [1.54, 1.807) is 0 Å². The molecule has 0 N–H and O–H groups in total. The first-order valence-corrected chi connectivity index (χ1v) is 8.12. The molecule has 1 fully saturated rings. The van der Waals surface area contributed by atoms with Crippen LogP contribution >= 0.6 is 0 Å². The van der Waals surface area contributed by atoms with Gasteiger partial charge < -0.3 is 9.47 Å². The van der Waals surface area contributed by atoms with Crippen LogP contribution in [0.1, 0.15) is 24.8 Å². The van der Waals surface area contributed by atoms with E-state index in [0.717, 1.165) is 12.5 Å². The maximum absolute atomic E-state index is 4.12. The molecule has 2 aromatic rings. The summed E-state index contributed by atoms with van der Waals surface area (Å²) in [7, 11) is 0. The van der Waals surface area contributed by atoms with E-state index in [4.69, 9.17) is 0 Å². The van der Waals surface area contributed by atoms with Crippen LogP contribution in [0.4, 0.5) is 0 Å². The van der Waals surface area contributed by atoms with Crippen LogP contribution in [-0.4, -0.2) is 34.1 Å². The Balaban J connectivity index is 1.34. The van der Waals surface area contributed by atoms with Gasteiger partial charge >= 0.3 is 0 Å². The third-order valence-electron chi connectivity index (χ3n) is 4.52. The Bertz CT molecular complexity index is 499. The van der Waals surface area contributed by atoms with Crippen molar-refractivity contribution < 1.29 is 0 Å². The van der Waals surface area contributed by atoms with Gasteiger partial charge in [-0.05, 0) is 56.8 Å². The Morgan fingerprint density at radius 3 is 2.62 bits per heavy atom. The van der Waals surface area contributed by atoms with E-state index >= 15 is 0 Å². The molecule has 3 rings (SSSR count). The number of aryl methyl sites for hydroxylation is 1. The Kier molecular flexibility index (Phi) is 5.06. The van der Waals surface area contributed by atoms with Gasteiger partial charge in [0.25, 0.3) is 0 Å². The number of rotatable bonds is 6. The van der Waals surface area contributed by atoms with Gasteiger partial charge in [0.05, 0.1) is 6.33 Å². The molecule has 1 saturated heterocycles. The lowest BCUT2D eigenvalue weighted by atomic mass is 9.96. The Morgan fingerprint density at radius 2 is 1.90 bits per heavy atom. The van der Waals surface area contributed by atoms with Gasteiger partial charge in [-0.25, -0.2) is 4.98 Å². The highest BCUT2D eigenvalue weighted by molar-refractivity contribution is 5.14. The smallest absolute Gasteiger partial charge is 0.0945 e. The minimum absolute atomic E-state index is 0.824. The number of benzene rings is 1. The van der Waals surface area contributed by atoms with Crippen molar-refractivity contribution in [2.24, 2.45) is 5.92 Å². The second kappa shape index (κ2) is 7.41. The normalized spacial score (nSPS) is 17.1. The molecule has 0 bridgehead atoms. The summed E-state index contributed by atoms with van der Waals surface area (Å²) in [5.74, 6) is 0.824. The Hall–Kier alpha value is -1.61. The van der Waals surface area contributed by atoms with Gasteiger partial charge in [0, 0.05) is 18.9 Å². The summed E-state index contributed by atoms with van der Waals surface area (Å²) in [5, 5.41) is 0. The van der Waals surface area contributed by atoms with Gasteiger partial charge in [-0.3, -0.25) is 0 Å². The molecule has 1 aliphatic rings. The van der Waals surface area contributed by atoms with E-state index in [2.05, 4.69) is 51.0 Å². The quantitative estimate of drug-likeness (QED) is 0.811. The summed E-state index contributed by atoms with van der Waals surface area (Å²) in [6.07, 6.45) is 11.0. The van der Waals surface area contributed by atoms with Crippen LogP contribution in [-0.2, 0) is 13.0 Å². The van der Waals surface area contributed by atoms with Gasteiger partial charge in [0.1, 0.15) is 0 Å². The van der Waals surface area contributed by atoms with E-state index in [1.165, 1.54) is 50.9 Å². The second-order valence-corrected chi connectivity index (χ2v) is 6.13. The van der Waals surface area contributed by atoms with Crippen molar-refractivity contribution in [3.8, 4) is 0 Å². The number of aromatic nitrogens is 2. The molecular formula is C18H25N3. The molecule has 0 aliphatic carbocycles. The molecule has 3 nitrogen and oxygen atoms in total. The van der Waals surface area contributed by atoms with E-state index in [9.17, 15) is 0 Å². The number of imidazole rings is 1. The molecule has 0 atom stereocenters. The van der Waals surface area contributed by atoms with Crippen LogP contribution < -0.4 is 0 Å². The summed E-state index contributed by atoms with van der Waals surface area (Å²) in [4.78, 5) is 6.76. The number of hydrogen-bond donors (Lipinski definition) is 0. The summed E-state index contributed by atoms with van der Waals surface area (Å²) in [5.41, 5.74) is 1.47. The molecule has 0 unspecified atom stereocenters. The van der Waals surface area contributed by atoms with E-state index < -0.39 is 0 Å². The van der Waals surface area contributed by atoms with Gasteiger partial charge in [-0.15, -0.1) is 0 Å². The second-order valence-electron chi connectivity index (χ2n) is 6.13. The lowest BCUT2D eigenvalue weighted by molar-refractivity contribution is 0.172. The fraction of sp³-hybridized carbons (Fsp3) is 0.500. The monoisotopic (exact) mass is 283 g/mol. The minimum Gasteiger partial charge on any atom is -0.337 e. The SMILES string of the molecule is c1ccc(CCCN2CCC(Cn3ccnc3)CC2)cc1. The Morgan fingerprint density at radius 1 is 1.10 bits per heavy atom. The standard InChI is InChI=1S/C18H25N3/c1-2-5-17(6-3-1)7-4-11-20-12-8-18(9-13-20)15-21-14-10-19-16-21/h1-3,5-6,10,14,16,18H,4,7-9,11-13,15H2. The first-order chi connectivity index (χ1) is 10.4. The first-order valence-electron chi connectivity index (χ1n) is 8.12. The van der Waals surface area contributed by atoms with Gasteiger partial charge in [0.2, 0.25) is 0 Å². The van der Waals surface area contributed by atoms with Crippen molar-refractivity contribution in [1.82, 2.24) is 14.5 Å². The van der Waals surface area contributed by atoms with E-state index in [-0.39, 0.29) is 0 Å². The predicted molar refractivity (Wildman–Crippen MR) is 86.2 cm³/mol. The van der Waals surface area contributed by atoms with E-state index in [0.29, 0.717) is 0 Å². The number of piperidine rings is 1. The van der Waals surface area contributed by atoms with Crippen molar-refractivity contribution in [2.45, 2.75) is 32.2 Å². The predicted octanol–water partition coefficient (Wildman–Crippen LogP) is 3.23. The number of nitrogens with zero attached hydrogens (tertiary/aromatic N) is 3. The van der Waals surface area contributed by atoms with Crippen LogP contribution in [0.5, 0.6) is 0 Å². The van der Waals surface area contributed by atoms with Crippen LogP contribution in [0.25, 0.3) is 0 Å². The van der Waals surface area contributed by atoms with Crippen LogP contribution in [0.15, 0.2) is 49.1 Å². The Labute approximate surface area is 127 Å².